The minimum absolute atomic E-state index is 0.294. The van der Waals surface area contributed by atoms with Gasteiger partial charge in [0.05, 0.1) is 51.6 Å². The number of aromatic nitrogens is 3. The molecule has 0 bridgehead atoms. The van der Waals surface area contributed by atoms with Gasteiger partial charge in [-0.15, -0.1) is 5.10 Å². The highest BCUT2D eigenvalue weighted by atomic mass is 79.9. The Bertz CT molecular complexity index is 1810. The van der Waals surface area contributed by atoms with Crippen LogP contribution in [0.1, 0.15) is 55.2 Å². The molecule has 12 heteroatoms. The molecule has 236 valence electrons. The van der Waals surface area contributed by atoms with E-state index in [9.17, 15) is 13.2 Å². The first-order valence-electron chi connectivity index (χ1n) is 15.3. The van der Waals surface area contributed by atoms with Crippen LogP contribution >= 0.6 is 27.7 Å². The van der Waals surface area contributed by atoms with Gasteiger partial charge < -0.3 is 19.0 Å². The lowest BCUT2D eigenvalue weighted by atomic mass is 10.1. The van der Waals surface area contributed by atoms with E-state index in [2.05, 4.69) is 59.1 Å². The highest BCUT2D eigenvalue weighted by Crippen LogP contribution is 2.46. The van der Waals surface area contributed by atoms with Crippen molar-refractivity contribution < 1.29 is 22.3 Å². The van der Waals surface area contributed by atoms with Gasteiger partial charge >= 0.3 is 6.18 Å². The number of thioether (sulfide) groups is 1. The van der Waals surface area contributed by atoms with Crippen LogP contribution in [-0.2, 0) is 18.5 Å². The number of benzene rings is 2. The fourth-order valence-corrected chi connectivity index (χ4v) is 7.26. The minimum atomic E-state index is -4.44. The number of likely N-dealkylation sites (tertiary alicyclic amines) is 1. The van der Waals surface area contributed by atoms with Crippen LogP contribution in [0.15, 0.2) is 63.6 Å². The first kappa shape index (κ1) is 30.4. The van der Waals surface area contributed by atoms with Crippen LogP contribution in [0.3, 0.4) is 0 Å². The molecule has 0 radical (unpaired) electrons. The SMILES string of the molecule is FC(F)(F)c1cccc(Nc2nncc3c2c2cc(OCCCSCc4ccc(CN5CCCC5)o4)c(Br)cc2n3C2CC2)c1. The van der Waals surface area contributed by atoms with Gasteiger partial charge in [-0.05, 0) is 109 Å². The van der Waals surface area contributed by atoms with Crippen molar-refractivity contribution in [3.05, 3.63) is 76.3 Å². The highest BCUT2D eigenvalue weighted by Gasteiger charge is 2.31. The third-order valence-electron chi connectivity index (χ3n) is 8.26. The number of hydrogen-bond acceptors (Lipinski definition) is 7. The van der Waals surface area contributed by atoms with Crippen LogP contribution in [0.2, 0.25) is 0 Å². The highest BCUT2D eigenvalue weighted by molar-refractivity contribution is 9.10. The molecule has 4 heterocycles. The molecule has 1 saturated carbocycles. The number of alkyl halides is 3. The summed E-state index contributed by atoms with van der Waals surface area (Å²) in [7, 11) is 0. The second-order valence-corrected chi connectivity index (χ2v) is 13.6. The number of ether oxygens (including phenoxy) is 1. The fraction of sp³-hybridized carbons (Fsp3) is 0.394. The summed E-state index contributed by atoms with van der Waals surface area (Å²) < 4.78 is 55.5. The van der Waals surface area contributed by atoms with Gasteiger partial charge in [-0.1, -0.05) is 6.07 Å². The lowest BCUT2D eigenvalue weighted by Gasteiger charge is -2.11. The minimum Gasteiger partial charge on any atom is -0.492 e. The van der Waals surface area contributed by atoms with E-state index in [1.165, 1.54) is 18.9 Å². The van der Waals surface area contributed by atoms with Crippen LogP contribution in [0.25, 0.3) is 21.8 Å². The van der Waals surface area contributed by atoms with Crippen molar-refractivity contribution in [3.8, 4) is 5.75 Å². The normalized spacial score (nSPS) is 15.8. The van der Waals surface area contributed by atoms with Crippen LogP contribution < -0.4 is 10.1 Å². The number of fused-ring (bicyclic) bond motifs is 3. The molecule has 0 atom stereocenters. The molecule has 3 aromatic heterocycles. The van der Waals surface area contributed by atoms with Crippen molar-refractivity contribution in [2.45, 2.75) is 56.6 Å². The first-order chi connectivity index (χ1) is 21.8. The zero-order valence-electron chi connectivity index (χ0n) is 24.6. The molecule has 1 N–H and O–H groups in total. The maximum absolute atomic E-state index is 13.4. The van der Waals surface area contributed by atoms with E-state index in [4.69, 9.17) is 9.15 Å². The summed E-state index contributed by atoms with van der Waals surface area (Å²) in [6.45, 7) is 3.75. The quantitative estimate of drug-likeness (QED) is 0.130. The van der Waals surface area contributed by atoms with Gasteiger partial charge in [-0.25, -0.2) is 0 Å². The van der Waals surface area contributed by atoms with E-state index < -0.39 is 11.7 Å². The number of nitrogens with zero attached hydrogens (tertiary/aromatic N) is 4. The lowest BCUT2D eigenvalue weighted by Crippen LogP contribution is -2.17. The number of furan rings is 1. The molecule has 0 unspecified atom stereocenters. The molecule has 7 nitrogen and oxygen atoms in total. The summed E-state index contributed by atoms with van der Waals surface area (Å²) in [5.74, 6) is 4.93. The summed E-state index contributed by atoms with van der Waals surface area (Å²) in [5.41, 5.74) is 1.46. The van der Waals surface area contributed by atoms with Gasteiger partial charge in [0.15, 0.2) is 5.82 Å². The zero-order chi connectivity index (χ0) is 31.0. The molecule has 1 saturated heterocycles. The molecular weight excluding hydrogens is 667 g/mol. The first-order valence-corrected chi connectivity index (χ1v) is 17.2. The topological polar surface area (TPSA) is 68.4 Å². The number of halogens is 4. The van der Waals surface area contributed by atoms with Gasteiger partial charge in [0, 0.05) is 17.1 Å². The van der Waals surface area contributed by atoms with Crippen molar-refractivity contribution in [1.82, 2.24) is 19.7 Å². The molecular formula is C33H33BrF3N5O2S. The van der Waals surface area contributed by atoms with E-state index in [0.29, 0.717) is 29.9 Å². The molecule has 7 rings (SSSR count). The Balaban J connectivity index is 1.05. The van der Waals surface area contributed by atoms with E-state index in [1.807, 2.05) is 17.8 Å². The van der Waals surface area contributed by atoms with Crippen molar-refractivity contribution in [3.63, 3.8) is 0 Å². The Kier molecular flexibility index (Phi) is 8.71. The van der Waals surface area contributed by atoms with Crippen molar-refractivity contribution in [1.29, 1.82) is 0 Å². The van der Waals surface area contributed by atoms with E-state index >= 15 is 0 Å². The maximum atomic E-state index is 13.4. The number of anilines is 2. The standard InChI is InChI=1S/C33H33BrF3N5O2S/c34-27-17-28-26(16-30(27)43-13-4-14-45-20-25-10-9-24(44-25)19-41-11-1-2-12-41)31-29(42(28)23-7-8-23)18-38-40-32(31)39-22-6-3-5-21(15-22)33(35,36)37/h3,5-6,9-10,15-18,23H,1-2,4,7-8,11-14,19-20H2,(H,39,40). The largest absolute Gasteiger partial charge is 0.492 e. The molecule has 0 spiro atoms. The molecule has 0 amide bonds. The van der Waals surface area contributed by atoms with Crippen LogP contribution in [0.4, 0.5) is 24.7 Å². The average Bonchev–Trinajstić information content (AvgIpc) is 3.38. The maximum Gasteiger partial charge on any atom is 0.416 e. The van der Waals surface area contributed by atoms with E-state index in [0.717, 1.165) is 100 Å². The van der Waals surface area contributed by atoms with Crippen molar-refractivity contribution in [2.75, 3.05) is 30.8 Å². The van der Waals surface area contributed by atoms with Gasteiger partial charge in [0.25, 0.3) is 0 Å². The fourth-order valence-electron chi connectivity index (χ4n) is 5.99. The Morgan fingerprint density at radius 3 is 2.67 bits per heavy atom. The Labute approximate surface area is 271 Å². The smallest absolute Gasteiger partial charge is 0.416 e. The Morgan fingerprint density at radius 2 is 1.87 bits per heavy atom. The Hall–Kier alpha value is -3.22. The second kappa shape index (κ2) is 12.9. The van der Waals surface area contributed by atoms with Gasteiger partial charge in [-0.2, -0.15) is 30.0 Å². The van der Waals surface area contributed by atoms with Crippen LogP contribution in [0, 0.1) is 0 Å². The summed E-state index contributed by atoms with van der Waals surface area (Å²) in [4.78, 5) is 2.44. The van der Waals surface area contributed by atoms with E-state index in [1.54, 1.807) is 12.3 Å². The third kappa shape index (κ3) is 6.83. The molecule has 45 heavy (non-hydrogen) atoms. The summed E-state index contributed by atoms with van der Waals surface area (Å²) >= 11 is 5.54. The summed E-state index contributed by atoms with van der Waals surface area (Å²) in [6.07, 6.45) is 2.82. The molecule has 2 aromatic carbocycles. The van der Waals surface area contributed by atoms with Gasteiger partial charge in [0.2, 0.25) is 0 Å². The van der Waals surface area contributed by atoms with Crippen LogP contribution in [0.5, 0.6) is 5.75 Å². The number of rotatable bonds is 12. The van der Waals surface area contributed by atoms with Crippen molar-refractivity contribution in [2.24, 2.45) is 0 Å². The Morgan fingerprint density at radius 1 is 1.04 bits per heavy atom. The molecule has 1 aliphatic carbocycles. The lowest BCUT2D eigenvalue weighted by molar-refractivity contribution is -0.137. The third-order valence-corrected chi connectivity index (χ3v) is 9.95. The summed E-state index contributed by atoms with van der Waals surface area (Å²) in [5, 5.41) is 13.3. The summed E-state index contributed by atoms with van der Waals surface area (Å²) in [6, 6.07) is 13.7. The predicted octanol–water partition coefficient (Wildman–Crippen LogP) is 9.34. The zero-order valence-corrected chi connectivity index (χ0v) is 27.0. The van der Waals surface area contributed by atoms with Crippen molar-refractivity contribution >= 4 is 61.0 Å². The number of nitrogens with one attached hydrogen (secondary N) is 1. The molecule has 1 aliphatic heterocycles. The van der Waals surface area contributed by atoms with Crippen LogP contribution in [-0.4, -0.2) is 45.1 Å². The van der Waals surface area contributed by atoms with E-state index in [-0.39, 0.29) is 0 Å². The second-order valence-electron chi connectivity index (χ2n) is 11.7. The monoisotopic (exact) mass is 699 g/mol. The number of hydrogen-bond donors (Lipinski definition) is 1. The average molecular weight is 701 g/mol. The molecule has 5 aromatic rings. The van der Waals surface area contributed by atoms with Gasteiger partial charge in [0.1, 0.15) is 17.3 Å². The molecule has 2 aliphatic rings. The van der Waals surface area contributed by atoms with Gasteiger partial charge in [-0.3, -0.25) is 4.90 Å². The molecule has 2 fully saturated rings. The predicted molar refractivity (Wildman–Crippen MR) is 175 cm³/mol.